The van der Waals surface area contributed by atoms with Crippen LogP contribution in [-0.2, 0) is 12.0 Å². The summed E-state index contributed by atoms with van der Waals surface area (Å²) < 4.78 is 5.26. The molecule has 0 N–H and O–H groups in total. The van der Waals surface area contributed by atoms with Gasteiger partial charge in [0.15, 0.2) is 0 Å². The molecule has 1 saturated carbocycles. The lowest BCUT2D eigenvalue weighted by atomic mass is 9.57. The maximum atomic E-state index is 12.9. The van der Waals surface area contributed by atoms with Gasteiger partial charge in [0.2, 0.25) is 0 Å². The summed E-state index contributed by atoms with van der Waals surface area (Å²) in [5, 5.41) is 4.34. The number of rotatable bonds is 3. The van der Waals surface area contributed by atoms with Crippen LogP contribution in [-0.4, -0.2) is 11.1 Å². The fourth-order valence-corrected chi connectivity index (χ4v) is 4.88. The molecule has 27 heavy (non-hydrogen) atoms. The van der Waals surface area contributed by atoms with Crippen LogP contribution in [0.1, 0.15) is 52.5 Å². The summed E-state index contributed by atoms with van der Waals surface area (Å²) >= 11 is 0. The van der Waals surface area contributed by atoms with E-state index < -0.39 is 0 Å². The van der Waals surface area contributed by atoms with Crippen LogP contribution in [0.25, 0.3) is 0 Å². The number of carbonyl (C=O) groups excluding carboxylic acids is 1. The Balaban J connectivity index is 1.55. The van der Waals surface area contributed by atoms with Crippen LogP contribution in [0.15, 0.2) is 59.3 Å². The third kappa shape index (κ3) is 2.36. The molecule has 1 fully saturated rings. The highest BCUT2D eigenvalue weighted by molar-refractivity contribution is 6.10. The Bertz CT molecular complexity index is 1030. The molecule has 0 atom stereocenters. The highest BCUT2D eigenvalue weighted by Crippen LogP contribution is 2.53. The Kier molecular flexibility index (Phi) is 3.51. The number of amides is 1. The molecule has 0 bridgehead atoms. The third-order valence-corrected chi connectivity index (χ3v) is 6.13. The number of nitrogens with zero attached hydrogens (tertiary/aromatic N) is 2. The fraction of sp³-hybridized carbons (Fsp3) is 0.304. The van der Waals surface area contributed by atoms with E-state index in [-0.39, 0.29) is 11.3 Å². The van der Waals surface area contributed by atoms with Crippen LogP contribution in [0, 0.1) is 12.8 Å². The SMILES string of the molecule is Cc1conc1C1(c2cccc(N3Cc4ccccc4C3=O)c2)CC(C)C1. The minimum Gasteiger partial charge on any atom is -0.364 e. The highest BCUT2D eigenvalue weighted by Gasteiger charge is 2.48. The molecule has 1 aliphatic heterocycles. The molecule has 0 saturated heterocycles. The number of benzene rings is 2. The van der Waals surface area contributed by atoms with Gasteiger partial charge in [-0.25, -0.2) is 0 Å². The summed E-state index contributed by atoms with van der Waals surface area (Å²) in [5.74, 6) is 0.735. The van der Waals surface area contributed by atoms with E-state index in [2.05, 4.69) is 37.2 Å². The molecule has 5 rings (SSSR count). The van der Waals surface area contributed by atoms with E-state index in [1.165, 1.54) is 5.56 Å². The predicted octanol–water partition coefficient (Wildman–Crippen LogP) is 4.86. The zero-order valence-electron chi connectivity index (χ0n) is 15.6. The molecule has 4 nitrogen and oxygen atoms in total. The molecule has 1 aliphatic carbocycles. The van der Waals surface area contributed by atoms with Crippen molar-refractivity contribution >= 4 is 11.6 Å². The maximum Gasteiger partial charge on any atom is 0.258 e. The van der Waals surface area contributed by atoms with Gasteiger partial charge in [-0.2, -0.15) is 0 Å². The van der Waals surface area contributed by atoms with Gasteiger partial charge in [0.1, 0.15) is 6.26 Å². The van der Waals surface area contributed by atoms with Crippen LogP contribution >= 0.6 is 0 Å². The first kappa shape index (κ1) is 16.3. The average molecular weight is 358 g/mol. The third-order valence-electron chi connectivity index (χ3n) is 6.13. The van der Waals surface area contributed by atoms with Crippen LogP contribution in [0.5, 0.6) is 0 Å². The number of hydrogen-bond donors (Lipinski definition) is 0. The summed E-state index contributed by atoms with van der Waals surface area (Å²) in [5.41, 5.74) is 6.09. The molecular formula is C23H22N2O2. The number of hydrogen-bond acceptors (Lipinski definition) is 3. The quantitative estimate of drug-likeness (QED) is 0.672. The van der Waals surface area contributed by atoms with Gasteiger partial charge < -0.3 is 9.42 Å². The van der Waals surface area contributed by atoms with Gasteiger partial charge in [0, 0.05) is 22.2 Å². The molecule has 1 amide bonds. The Morgan fingerprint density at radius 1 is 1.15 bits per heavy atom. The van der Waals surface area contributed by atoms with Crippen molar-refractivity contribution in [3.63, 3.8) is 0 Å². The molecule has 4 heteroatoms. The van der Waals surface area contributed by atoms with E-state index in [1.807, 2.05) is 35.2 Å². The van der Waals surface area contributed by atoms with E-state index in [1.54, 1.807) is 6.26 Å². The summed E-state index contributed by atoms with van der Waals surface area (Å²) in [6.45, 7) is 4.96. The Hall–Kier alpha value is -2.88. The standard InChI is InChI=1S/C23H22N2O2/c1-15-11-23(12-15,21-16(2)14-27-24-21)18-7-5-8-19(10-18)25-13-17-6-3-4-9-20(17)22(25)26/h3-10,14-15H,11-13H2,1-2H3. The van der Waals surface area contributed by atoms with Crippen molar-refractivity contribution in [3.8, 4) is 0 Å². The predicted molar refractivity (Wildman–Crippen MR) is 104 cm³/mol. The maximum absolute atomic E-state index is 12.9. The molecule has 2 heterocycles. The first-order valence-corrected chi connectivity index (χ1v) is 9.50. The van der Waals surface area contributed by atoms with Gasteiger partial charge in [0.05, 0.1) is 12.2 Å². The first-order valence-electron chi connectivity index (χ1n) is 9.50. The number of carbonyl (C=O) groups is 1. The highest BCUT2D eigenvalue weighted by atomic mass is 16.5. The number of anilines is 1. The van der Waals surface area contributed by atoms with Crippen LogP contribution in [0.4, 0.5) is 5.69 Å². The van der Waals surface area contributed by atoms with Crippen LogP contribution in [0.3, 0.4) is 0 Å². The smallest absolute Gasteiger partial charge is 0.258 e. The molecule has 136 valence electrons. The van der Waals surface area contributed by atoms with Gasteiger partial charge in [0.25, 0.3) is 5.91 Å². The minimum absolute atomic E-state index is 0.0800. The fourth-order valence-electron chi connectivity index (χ4n) is 4.88. The molecule has 1 aromatic heterocycles. The van der Waals surface area contributed by atoms with Gasteiger partial charge in [-0.15, -0.1) is 0 Å². The topological polar surface area (TPSA) is 46.3 Å². The Labute approximate surface area is 158 Å². The summed E-state index contributed by atoms with van der Waals surface area (Å²) in [6, 6.07) is 16.3. The largest absolute Gasteiger partial charge is 0.364 e. The zero-order valence-corrected chi connectivity index (χ0v) is 15.6. The second-order valence-corrected chi connectivity index (χ2v) is 8.04. The lowest BCUT2D eigenvalue weighted by Crippen LogP contribution is -2.42. The average Bonchev–Trinajstić information content (AvgIpc) is 3.23. The van der Waals surface area contributed by atoms with Crippen molar-refractivity contribution < 1.29 is 9.32 Å². The normalized spacial score (nSPS) is 24.0. The summed E-state index contributed by atoms with van der Waals surface area (Å²) in [6.07, 6.45) is 3.83. The second kappa shape index (κ2) is 5.81. The molecular weight excluding hydrogens is 336 g/mol. The number of aryl methyl sites for hydroxylation is 1. The van der Waals surface area contributed by atoms with Crippen molar-refractivity contribution in [3.05, 3.63) is 82.7 Å². The molecule has 0 unspecified atom stereocenters. The zero-order chi connectivity index (χ0) is 18.6. The van der Waals surface area contributed by atoms with E-state index in [0.29, 0.717) is 12.5 Å². The van der Waals surface area contributed by atoms with Gasteiger partial charge in [-0.3, -0.25) is 4.79 Å². The lowest BCUT2D eigenvalue weighted by Gasteiger charge is -2.46. The van der Waals surface area contributed by atoms with E-state index >= 15 is 0 Å². The molecule has 3 aromatic rings. The van der Waals surface area contributed by atoms with Crippen molar-refractivity contribution in [2.24, 2.45) is 5.92 Å². The van der Waals surface area contributed by atoms with Crippen molar-refractivity contribution in [2.45, 2.75) is 38.6 Å². The number of fused-ring (bicyclic) bond motifs is 1. The first-order chi connectivity index (χ1) is 13.1. The van der Waals surface area contributed by atoms with Crippen molar-refractivity contribution in [1.82, 2.24) is 5.16 Å². The number of aromatic nitrogens is 1. The minimum atomic E-state index is -0.109. The van der Waals surface area contributed by atoms with Crippen LogP contribution < -0.4 is 4.90 Å². The molecule has 0 radical (unpaired) electrons. The Morgan fingerprint density at radius 3 is 2.67 bits per heavy atom. The van der Waals surface area contributed by atoms with Crippen molar-refractivity contribution in [1.29, 1.82) is 0 Å². The molecule has 2 aromatic carbocycles. The van der Waals surface area contributed by atoms with Gasteiger partial charge in [-0.1, -0.05) is 42.4 Å². The van der Waals surface area contributed by atoms with Crippen LogP contribution in [0.2, 0.25) is 0 Å². The Morgan fingerprint density at radius 2 is 1.96 bits per heavy atom. The van der Waals surface area contributed by atoms with E-state index in [0.717, 1.165) is 40.9 Å². The second-order valence-electron chi connectivity index (χ2n) is 8.04. The lowest BCUT2D eigenvalue weighted by molar-refractivity contribution is 0.0996. The summed E-state index contributed by atoms with van der Waals surface area (Å²) in [4.78, 5) is 14.7. The van der Waals surface area contributed by atoms with Crippen molar-refractivity contribution in [2.75, 3.05) is 4.90 Å². The van der Waals surface area contributed by atoms with E-state index in [9.17, 15) is 4.79 Å². The van der Waals surface area contributed by atoms with E-state index in [4.69, 9.17) is 4.52 Å². The molecule has 2 aliphatic rings. The van der Waals surface area contributed by atoms with Gasteiger partial charge in [-0.05, 0) is 55.0 Å². The summed E-state index contributed by atoms with van der Waals surface area (Å²) in [7, 11) is 0. The monoisotopic (exact) mass is 358 g/mol. The van der Waals surface area contributed by atoms with Gasteiger partial charge >= 0.3 is 0 Å². The molecule has 0 spiro atoms.